The van der Waals surface area contributed by atoms with Gasteiger partial charge in [-0.3, -0.25) is 14.3 Å². The number of aromatic nitrogens is 2. The van der Waals surface area contributed by atoms with Gasteiger partial charge in [0.1, 0.15) is 0 Å². The molecule has 1 heterocycles. The molecule has 1 N–H and O–H groups in total. The lowest BCUT2D eigenvalue weighted by atomic mass is 10.1. The van der Waals surface area contributed by atoms with Crippen molar-refractivity contribution in [3.05, 3.63) is 46.8 Å². The summed E-state index contributed by atoms with van der Waals surface area (Å²) in [7, 11) is 0. The zero-order valence-corrected chi connectivity index (χ0v) is 16.8. The summed E-state index contributed by atoms with van der Waals surface area (Å²) in [5, 5.41) is 7.26. The van der Waals surface area contributed by atoms with Crippen molar-refractivity contribution < 1.29 is 14.3 Å². The van der Waals surface area contributed by atoms with Crippen molar-refractivity contribution in [1.29, 1.82) is 0 Å². The Bertz CT molecular complexity index is 792. The lowest BCUT2D eigenvalue weighted by Gasteiger charge is -2.08. The number of benzene rings is 1. The molecule has 0 radical (unpaired) electrons. The summed E-state index contributed by atoms with van der Waals surface area (Å²) < 4.78 is 7.09. The van der Waals surface area contributed by atoms with Crippen LogP contribution in [0.4, 0.5) is 5.69 Å². The Morgan fingerprint density at radius 3 is 2.44 bits per heavy atom. The number of nitrogens with one attached hydrogen (secondary N) is 1. The lowest BCUT2D eigenvalue weighted by molar-refractivity contribution is -0.147. The van der Waals surface area contributed by atoms with Gasteiger partial charge in [0.2, 0.25) is 0 Å². The summed E-state index contributed by atoms with van der Waals surface area (Å²) >= 11 is 0. The van der Waals surface area contributed by atoms with Gasteiger partial charge in [-0.15, -0.1) is 0 Å². The molecule has 2 aromatic rings. The predicted molar refractivity (Wildman–Crippen MR) is 106 cm³/mol. The van der Waals surface area contributed by atoms with Crippen LogP contribution in [0.1, 0.15) is 42.8 Å². The third kappa shape index (κ3) is 6.24. The maximum atomic E-state index is 12.0. The molecule has 0 saturated heterocycles. The van der Waals surface area contributed by atoms with Crippen LogP contribution < -0.4 is 5.32 Å². The van der Waals surface area contributed by atoms with E-state index in [4.69, 9.17) is 4.74 Å². The number of esters is 1. The minimum Gasteiger partial charge on any atom is -0.456 e. The average molecular weight is 371 g/mol. The Kier molecular flexibility index (Phi) is 7.16. The van der Waals surface area contributed by atoms with Crippen LogP contribution in [0.5, 0.6) is 0 Å². The maximum Gasteiger partial charge on any atom is 0.306 e. The minimum absolute atomic E-state index is 0.229. The van der Waals surface area contributed by atoms with Gasteiger partial charge in [0.25, 0.3) is 5.91 Å². The number of carbonyl (C=O) groups is 2. The maximum absolute atomic E-state index is 12.0. The first-order chi connectivity index (χ1) is 12.8. The van der Waals surface area contributed by atoms with Gasteiger partial charge in [-0.25, -0.2) is 0 Å². The van der Waals surface area contributed by atoms with Crippen molar-refractivity contribution >= 4 is 17.6 Å². The quantitative estimate of drug-likeness (QED) is 0.720. The standard InChI is InChI=1S/C21H29N3O3/c1-14(2)12-24-17(5)19(16(4)23-24)10-11-21(26)27-13-20(25)22-18-8-6-15(3)7-9-18/h6-9,14H,10-13H2,1-5H3,(H,22,25). The van der Waals surface area contributed by atoms with Gasteiger partial charge >= 0.3 is 5.97 Å². The van der Waals surface area contributed by atoms with Crippen molar-refractivity contribution in [3.8, 4) is 0 Å². The molecular formula is C21H29N3O3. The Balaban J connectivity index is 1.80. The van der Waals surface area contributed by atoms with Crippen LogP contribution in [0, 0.1) is 26.7 Å². The van der Waals surface area contributed by atoms with Crippen LogP contribution in [0.25, 0.3) is 0 Å². The lowest BCUT2D eigenvalue weighted by Crippen LogP contribution is -2.21. The zero-order valence-electron chi connectivity index (χ0n) is 16.8. The number of hydrogen-bond donors (Lipinski definition) is 1. The van der Waals surface area contributed by atoms with Crippen LogP contribution >= 0.6 is 0 Å². The monoisotopic (exact) mass is 371 g/mol. The number of amides is 1. The van der Waals surface area contributed by atoms with Crippen molar-refractivity contribution in [1.82, 2.24) is 9.78 Å². The number of hydrogen-bond acceptors (Lipinski definition) is 4. The topological polar surface area (TPSA) is 73.2 Å². The van der Waals surface area contributed by atoms with E-state index in [0.717, 1.165) is 29.1 Å². The fourth-order valence-electron chi connectivity index (χ4n) is 2.90. The molecule has 1 amide bonds. The van der Waals surface area contributed by atoms with Gasteiger partial charge in [-0.05, 0) is 50.8 Å². The Morgan fingerprint density at radius 1 is 1.15 bits per heavy atom. The molecule has 0 aliphatic carbocycles. The molecule has 146 valence electrons. The van der Waals surface area contributed by atoms with Crippen molar-refractivity contribution in [2.75, 3.05) is 11.9 Å². The van der Waals surface area contributed by atoms with E-state index < -0.39 is 0 Å². The summed E-state index contributed by atoms with van der Waals surface area (Å²) in [6.07, 6.45) is 0.793. The zero-order chi connectivity index (χ0) is 20.0. The molecule has 1 aromatic heterocycles. The third-order valence-corrected chi connectivity index (χ3v) is 4.35. The summed E-state index contributed by atoms with van der Waals surface area (Å²) in [5.74, 6) is -0.221. The Morgan fingerprint density at radius 2 is 1.81 bits per heavy atom. The molecule has 0 aliphatic rings. The van der Waals surface area contributed by atoms with Crippen molar-refractivity contribution in [3.63, 3.8) is 0 Å². The van der Waals surface area contributed by atoms with Gasteiger partial charge < -0.3 is 10.1 Å². The van der Waals surface area contributed by atoms with E-state index in [1.54, 1.807) is 0 Å². The first-order valence-corrected chi connectivity index (χ1v) is 9.31. The molecule has 0 spiro atoms. The second-order valence-corrected chi connectivity index (χ2v) is 7.30. The fourth-order valence-corrected chi connectivity index (χ4v) is 2.90. The molecule has 0 aliphatic heterocycles. The van der Waals surface area contributed by atoms with Gasteiger partial charge in [0.15, 0.2) is 6.61 Å². The molecule has 0 bridgehead atoms. The smallest absolute Gasteiger partial charge is 0.306 e. The number of anilines is 1. The predicted octanol–water partition coefficient (Wildman–Crippen LogP) is 3.58. The number of nitrogens with zero attached hydrogens (tertiary/aromatic N) is 2. The average Bonchev–Trinajstić information content (AvgIpc) is 2.86. The number of rotatable bonds is 8. The van der Waals surface area contributed by atoms with Crippen molar-refractivity contribution in [2.45, 2.75) is 54.0 Å². The SMILES string of the molecule is Cc1ccc(NC(=O)COC(=O)CCc2c(C)nn(CC(C)C)c2C)cc1. The molecule has 0 saturated carbocycles. The van der Waals surface area contributed by atoms with Gasteiger partial charge in [-0.1, -0.05) is 31.5 Å². The third-order valence-electron chi connectivity index (χ3n) is 4.35. The van der Waals surface area contributed by atoms with Gasteiger partial charge in [-0.2, -0.15) is 5.10 Å². The van der Waals surface area contributed by atoms with Crippen LogP contribution in [-0.2, 0) is 27.3 Å². The van der Waals surface area contributed by atoms with Crippen LogP contribution in [0.2, 0.25) is 0 Å². The largest absolute Gasteiger partial charge is 0.456 e. The first kappa shape index (κ1) is 20.7. The molecule has 6 heteroatoms. The normalized spacial score (nSPS) is 10.9. The highest BCUT2D eigenvalue weighted by Crippen LogP contribution is 2.17. The minimum atomic E-state index is -0.385. The summed E-state index contributed by atoms with van der Waals surface area (Å²) in [5.41, 5.74) is 4.91. The molecule has 2 rings (SSSR count). The molecule has 1 aromatic carbocycles. The highest BCUT2D eigenvalue weighted by Gasteiger charge is 2.15. The summed E-state index contributed by atoms with van der Waals surface area (Å²) in [4.78, 5) is 23.9. The van der Waals surface area contributed by atoms with Crippen LogP contribution in [0.3, 0.4) is 0 Å². The van der Waals surface area contributed by atoms with E-state index in [2.05, 4.69) is 24.3 Å². The molecule has 27 heavy (non-hydrogen) atoms. The van der Waals surface area contributed by atoms with E-state index >= 15 is 0 Å². The molecule has 0 atom stereocenters. The summed E-state index contributed by atoms with van der Waals surface area (Å²) in [6, 6.07) is 7.45. The van der Waals surface area contributed by atoms with Crippen molar-refractivity contribution in [2.24, 2.45) is 5.92 Å². The highest BCUT2D eigenvalue weighted by molar-refractivity contribution is 5.92. The highest BCUT2D eigenvalue weighted by atomic mass is 16.5. The van der Waals surface area contributed by atoms with E-state index in [1.165, 1.54) is 0 Å². The Labute approximate surface area is 160 Å². The second kappa shape index (κ2) is 9.35. The van der Waals surface area contributed by atoms with Crippen LogP contribution in [-0.4, -0.2) is 28.3 Å². The molecule has 0 fully saturated rings. The van der Waals surface area contributed by atoms with E-state index in [9.17, 15) is 9.59 Å². The van der Waals surface area contributed by atoms with Crippen LogP contribution in [0.15, 0.2) is 24.3 Å². The number of aryl methyl sites for hydroxylation is 2. The molecule has 6 nitrogen and oxygen atoms in total. The van der Waals surface area contributed by atoms with E-state index in [1.807, 2.05) is 49.7 Å². The van der Waals surface area contributed by atoms with E-state index in [-0.39, 0.29) is 24.9 Å². The van der Waals surface area contributed by atoms with E-state index in [0.29, 0.717) is 18.0 Å². The van der Waals surface area contributed by atoms with Gasteiger partial charge in [0.05, 0.1) is 5.69 Å². The first-order valence-electron chi connectivity index (χ1n) is 9.31. The van der Waals surface area contributed by atoms with Gasteiger partial charge in [0, 0.05) is 24.3 Å². The molecule has 0 unspecified atom stereocenters. The molecular weight excluding hydrogens is 342 g/mol. The Hall–Kier alpha value is -2.63. The number of ether oxygens (including phenoxy) is 1. The fraction of sp³-hybridized carbons (Fsp3) is 0.476. The summed E-state index contributed by atoms with van der Waals surface area (Å²) in [6.45, 7) is 10.8. The number of carbonyl (C=O) groups excluding carboxylic acids is 2. The second-order valence-electron chi connectivity index (χ2n) is 7.30.